The molecule has 120 valence electrons. The van der Waals surface area contributed by atoms with E-state index in [0.29, 0.717) is 13.0 Å². The first-order valence-corrected chi connectivity index (χ1v) is 8.58. The van der Waals surface area contributed by atoms with Crippen LogP contribution in [0.4, 0.5) is 4.79 Å². The van der Waals surface area contributed by atoms with Crippen molar-refractivity contribution in [3.05, 3.63) is 16.1 Å². The number of nitrogens with zero attached hydrogens (tertiary/aromatic N) is 3. The van der Waals surface area contributed by atoms with E-state index < -0.39 is 5.54 Å². The minimum atomic E-state index is -0.704. The Morgan fingerprint density at radius 3 is 2.82 bits per heavy atom. The quantitative estimate of drug-likeness (QED) is 0.851. The smallest absolute Gasteiger partial charge is 0.322 e. The molecular weight excluding hydrogens is 300 g/mol. The first-order chi connectivity index (χ1) is 10.4. The highest BCUT2D eigenvalue weighted by atomic mass is 32.1. The Morgan fingerprint density at radius 2 is 2.23 bits per heavy atom. The van der Waals surface area contributed by atoms with Gasteiger partial charge in [-0.2, -0.15) is 0 Å². The van der Waals surface area contributed by atoms with E-state index in [-0.39, 0.29) is 18.0 Å². The van der Waals surface area contributed by atoms with Crippen LogP contribution in [0.2, 0.25) is 0 Å². The molecule has 1 N–H and O–H groups in total. The number of aryl methyl sites for hydroxylation is 1. The fraction of sp³-hybridized carbons (Fsp3) is 0.667. The van der Waals surface area contributed by atoms with Gasteiger partial charge in [0.2, 0.25) is 0 Å². The van der Waals surface area contributed by atoms with E-state index in [1.54, 1.807) is 11.3 Å². The number of carbonyl (C=O) groups is 2. The zero-order valence-corrected chi connectivity index (χ0v) is 14.1. The summed E-state index contributed by atoms with van der Waals surface area (Å²) >= 11 is 1.68. The lowest BCUT2D eigenvalue weighted by Crippen LogP contribution is -2.49. The fourth-order valence-electron chi connectivity index (χ4n) is 3.29. The number of rotatable bonds is 4. The summed E-state index contributed by atoms with van der Waals surface area (Å²) in [6, 6.07) is -0.346. The third-order valence-corrected chi connectivity index (χ3v) is 5.55. The largest absolute Gasteiger partial charge is 0.325 e. The summed E-state index contributed by atoms with van der Waals surface area (Å²) in [5, 5.41) is 2.93. The molecule has 3 heterocycles. The Labute approximate surface area is 134 Å². The van der Waals surface area contributed by atoms with E-state index in [1.807, 2.05) is 26.3 Å². The van der Waals surface area contributed by atoms with Crippen molar-refractivity contribution in [2.45, 2.75) is 45.2 Å². The van der Waals surface area contributed by atoms with Crippen molar-refractivity contribution in [1.82, 2.24) is 20.1 Å². The van der Waals surface area contributed by atoms with E-state index in [9.17, 15) is 9.59 Å². The monoisotopic (exact) mass is 322 g/mol. The molecular formula is C15H22N4O2S. The Kier molecular flexibility index (Phi) is 3.94. The summed E-state index contributed by atoms with van der Waals surface area (Å²) in [6.45, 7) is 8.12. The molecule has 1 spiro atoms. The Hall–Kier alpha value is -1.47. The Bertz CT molecular complexity index is 600. The summed E-state index contributed by atoms with van der Waals surface area (Å²) < 4.78 is 0. The molecule has 6 nitrogen and oxygen atoms in total. The zero-order valence-electron chi connectivity index (χ0n) is 13.3. The molecule has 2 fully saturated rings. The molecule has 0 saturated carbocycles. The van der Waals surface area contributed by atoms with Gasteiger partial charge in [0.25, 0.3) is 5.91 Å². The van der Waals surface area contributed by atoms with Gasteiger partial charge < -0.3 is 5.32 Å². The number of thiazole rings is 1. The lowest BCUT2D eigenvalue weighted by molar-refractivity contribution is -0.132. The van der Waals surface area contributed by atoms with E-state index >= 15 is 0 Å². The molecule has 7 heteroatoms. The van der Waals surface area contributed by atoms with Gasteiger partial charge in [0, 0.05) is 30.6 Å². The van der Waals surface area contributed by atoms with Gasteiger partial charge in [-0.1, -0.05) is 0 Å². The van der Waals surface area contributed by atoms with Crippen LogP contribution in [0.5, 0.6) is 0 Å². The second kappa shape index (κ2) is 5.62. The number of urea groups is 1. The Balaban J connectivity index is 1.64. The van der Waals surface area contributed by atoms with Crippen molar-refractivity contribution >= 4 is 23.3 Å². The van der Waals surface area contributed by atoms with Gasteiger partial charge in [0.05, 0.1) is 11.2 Å². The van der Waals surface area contributed by atoms with Crippen molar-refractivity contribution in [2.75, 3.05) is 19.6 Å². The number of aromatic nitrogens is 1. The molecule has 0 aliphatic carbocycles. The molecule has 0 bridgehead atoms. The Morgan fingerprint density at radius 1 is 1.45 bits per heavy atom. The van der Waals surface area contributed by atoms with Crippen LogP contribution in [-0.4, -0.2) is 57.9 Å². The predicted octanol–water partition coefficient (Wildman–Crippen LogP) is 1.40. The van der Waals surface area contributed by atoms with Crippen molar-refractivity contribution in [2.24, 2.45) is 0 Å². The number of hydrogen-bond donors (Lipinski definition) is 1. The topological polar surface area (TPSA) is 65.5 Å². The van der Waals surface area contributed by atoms with Crippen molar-refractivity contribution in [1.29, 1.82) is 0 Å². The van der Waals surface area contributed by atoms with Crippen LogP contribution in [0.1, 0.15) is 30.8 Å². The number of carbonyl (C=O) groups excluding carboxylic acids is 2. The van der Waals surface area contributed by atoms with Crippen molar-refractivity contribution in [3.8, 4) is 0 Å². The molecule has 1 aromatic heterocycles. The van der Waals surface area contributed by atoms with Crippen LogP contribution < -0.4 is 5.32 Å². The molecule has 3 amide bonds. The fourth-order valence-corrected chi connectivity index (χ4v) is 4.06. The van der Waals surface area contributed by atoms with E-state index in [1.165, 1.54) is 9.78 Å². The lowest BCUT2D eigenvalue weighted by Gasteiger charge is -2.23. The highest BCUT2D eigenvalue weighted by molar-refractivity contribution is 7.09. The van der Waals surface area contributed by atoms with E-state index in [4.69, 9.17) is 0 Å². The summed E-state index contributed by atoms with van der Waals surface area (Å²) in [5.74, 6) is -0.0658. The van der Waals surface area contributed by atoms with Crippen LogP contribution in [0.15, 0.2) is 5.51 Å². The van der Waals surface area contributed by atoms with Gasteiger partial charge in [-0.25, -0.2) is 9.78 Å². The van der Waals surface area contributed by atoms with Crippen LogP contribution in [0.3, 0.4) is 0 Å². The first kappa shape index (κ1) is 15.4. The van der Waals surface area contributed by atoms with Crippen molar-refractivity contribution in [3.63, 3.8) is 0 Å². The molecule has 1 unspecified atom stereocenters. The molecule has 1 atom stereocenters. The van der Waals surface area contributed by atoms with Crippen molar-refractivity contribution < 1.29 is 9.59 Å². The third kappa shape index (κ3) is 2.52. The van der Waals surface area contributed by atoms with E-state index in [0.717, 1.165) is 25.2 Å². The number of nitrogens with one attached hydrogen (secondary N) is 1. The number of likely N-dealkylation sites (tertiary alicyclic amines) is 1. The molecule has 0 aromatic carbocycles. The summed E-state index contributed by atoms with van der Waals surface area (Å²) in [7, 11) is 0. The van der Waals surface area contributed by atoms with Gasteiger partial charge in [-0.3, -0.25) is 14.6 Å². The maximum Gasteiger partial charge on any atom is 0.325 e. The second-order valence-corrected chi connectivity index (χ2v) is 7.36. The minimum Gasteiger partial charge on any atom is -0.322 e. The first-order valence-electron chi connectivity index (χ1n) is 7.70. The van der Waals surface area contributed by atoms with Crippen LogP contribution in [0, 0.1) is 6.92 Å². The SMILES string of the molecule is Cc1ncsc1CCN1CCC2(C1)NC(=O)N(C(C)C)C2=O. The van der Waals surface area contributed by atoms with Crippen LogP contribution in [0.25, 0.3) is 0 Å². The standard InChI is InChI=1S/C15H22N4O2S/c1-10(2)19-13(20)15(17-14(19)21)5-7-18(8-15)6-4-12-11(3)16-9-22-12/h9-10H,4-8H2,1-3H3,(H,17,21). The average Bonchev–Trinajstić information content (AvgIpc) is 3.09. The van der Waals surface area contributed by atoms with Gasteiger partial charge in [-0.15, -0.1) is 11.3 Å². The molecule has 3 rings (SSSR count). The third-order valence-electron chi connectivity index (χ3n) is 4.56. The van der Waals surface area contributed by atoms with Gasteiger partial charge >= 0.3 is 6.03 Å². The molecule has 2 saturated heterocycles. The normalized spacial score (nSPS) is 25.7. The number of amides is 3. The van der Waals surface area contributed by atoms with E-state index in [2.05, 4.69) is 15.2 Å². The molecule has 1 aromatic rings. The highest BCUT2D eigenvalue weighted by Crippen LogP contribution is 2.30. The van der Waals surface area contributed by atoms with Crippen LogP contribution in [-0.2, 0) is 11.2 Å². The molecule has 22 heavy (non-hydrogen) atoms. The minimum absolute atomic E-state index is 0.0658. The van der Waals surface area contributed by atoms with Gasteiger partial charge in [0.1, 0.15) is 5.54 Å². The maximum atomic E-state index is 12.6. The maximum absolute atomic E-state index is 12.6. The van der Waals surface area contributed by atoms with Crippen LogP contribution >= 0.6 is 11.3 Å². The zero-order chi connectivity index (χ0) is 15.9. The van der Waals surface area contributed by atoms with Gasteiger partial charge in [0.15, 0.2) is 0 Å². The number of imide groups is 1. The average molecular weight is 322 g/mol. The summed E-state index contributed by atoms with van der Waals surface area (Å²) in [5.41, 5.74) is 2.26. The highest BCUT2D eigenvalue weighted by Gasteiger charge is 2.54. The number of hydrogen-bond acceptors (Lipinski definition) is 5. The predicted molar refractivity (Wildman–Crippen MR) is 84.9 cm³/mol. The molecule has 0 radical (unpaired) electrons. The second-order valence-electron chi connectivity index (χ2n) is 6.42. The van der Waals surface area contributed by atoms with Gasteiger partial charge in [-0.05, 0) is 33.6 Å². The molecule has 2 aliphatic heterocycles. The lowest BCUT2D eigenvalue weighted by atomic mass is 9.98. The molecule has 2 aliphatic rings. The summed E-state index contributed by atoms with van der Waals surface area (Å²) in [4.78, 5) is 33.9. The summed E-state index contributed by atoms with van der Waals surface area (Å²) in [6.07, 6.45) is 1.64.